The van der Waals surface area contributed by atoms with Gasteiger partial charge in [-0.3, -0.25) is 14.4 Å². The number of carbonyl (C=O) groups is 3. The molecule has 0 atom stereocenters. The number of rotatable bonds is 6. The molecule has 1 aromatic rings. The molecule has 6 heteroatoms. The average molecular weight is 292 g/mol. The molecule has 6 nitrogen and oxygen atoms in total. The quantitative estimate of drug-likeness (QED) is 0.733. The molecule has 0 radical (unpaired) electrons. The van der Waals surface area contributed by atoms with Crippen LogP contribution in [0.1, 0.15) is 36.7 Å². The Balaban J connectivity index is 2.59. The second kappa shape index (κ2) is 6.88. The summed E-state index contributed by atoms with van der Waals surface area (Å²) >= 11 is 0. The molecular formula is C15H20N2O4. The number of hydrogen-bond acceptors (Lipinski definition) is 3. The van der Waals surface area contributed by atoms with Crippen molar-refractivity contribution in [2.75, 3.05) is 6.54 Å². The first-order valence-corrected chi connectivity index (χ1v) is 6.57. The van der Waals surface area contributed by atoms with E-state index in [2.05, 4.69) is 10.6 Å². The second-order valence-electron chi connectivity index (χ2n) is 5.48. The summed E-state index contributed by atoms with van der Waals surface area (Å²) in [4.78, 5) is 33.7. The summed E-state index contributed by atoms with van der Waals surface area (Å²) in [5.74, 6) is -1.41. The third-order valence-electron chi connectivity index (χ3n) is 3.03. The predicted molar refractivity (Wildman–Crippen MR) is 77.7 cm³/mol. The number of carbonyl (C=O) groups excluding carboxylic acids is 2. The Morgan fingerprint density at radius 3 is 2.14 bits per heavy atom. The minimum atomic E-state index is -1.01. The average Bonchev–Trinajstić information content (AvgIpc) is 2.43. The van der Waals surface area contributed by atoms with Gasteiger partial charge in [-0.15, -0.1) is 0 Å². The van der Waals surface area contributed by atoms with E-state index in [0.29, 0.717) is 12.1 Å². The molecular weight excluding hydrogens is 272 g/mol. The Kier molecular flexibility index (Phi) is 5.46. The van der Waals surface area contributed by atoms with Gasteiger partial charge in [0.05, 0.1) is 5.41 Å². The number of carboxylic acid groups (broad SMARTS) is 1. The molecule has 0 aromatic heterocycles. The first-order chi connectivity index (χ1) is 9.72. The lowest BCUT2D eigenvalue weighted by molar-refractivity contribution is -0.146. The van der Waals surface area contributed by atoms with Crippen LogP contribution >= 0.6 is 0 Å². The minimum Gasteiger partial charge on any atom is -0.481 e. The van der Waals surface area contributed by atoms with Gasteiger partial charge in [0.25, 0.3) is 5.91 Å². The zero-order chi connectivity index (χ0) is 16.0. The van der Waals surface area contributed by atoms with Gasteiger partial charge in [0.1, 0.15) is 0 Å². The van der Waals surface area contributed by atoms with E-state index < -0.39 is 11.4 Å². The van der Waals surface area contributed by atoms with E-state index in [4.69, 9.17) is 5.11 Å². The van der Waals surface area contributed by atoms with Crippen molar-refractivity contribution >= 4 is 17.8 Å². The monoisotopic (exact) mass is 292 g/mol. The third kappa shape index (κ3) is 5.25. The van der Waals surface area contributed by atoms with Crippen LogP contribution in [0.15, 0.2) is 24.3 Å². The zero-order valence-electron chi connectivity index (χ0n) is 12.4. The normalized spacial score (nSPS) is 10.8. The molecule has 0 bridgehead atoms. The van der Waals surface area contributed by atoms with Gasteiger partial charge in [-0.2, -0.15) is 0 Å². The molecule has 0 heterocycles. The summed E-state index contributed by atoms with van der Waals surface area (Å²) in [6.07, 6.45) is 0. The van der Waals surface area contributed by atoms with Crippen LogP contribution in [0.25, 0.3) is 0 Å². The largest absolute Gasteiger partial charge is 0.481 e. The predicted octanol–water partition coefficient (Wildman–Crippen LogP) is 1.16. The highest BCUT2D eigenvalue weighted by atomic mass is 16.4. The molecule has 1 rings (SSSR count). The summed E-state index contributed by atoms with van der Waals surface area (Å²) in [5.41, 5.74) is 0.316. The molecule has 0 saturated heterocycles. The zero-order valence-corrected chi connectivity index (χ0v) is 12.4. The van der Waals surface area contributed by atoms with E-state index in [1.807, 2.05) is 0 Å². The second-order valence-corrected chi connectivity index (χ2v) is 5.48. The Morgan fingerprint density at radius 2 is 1.67 bits per heavy atom. The lowest BCUT2D eigenvalue weighted by Crippen LogP contribution is -2.38. The van der Waals surface area contributed by atoms with Crippen LogP contribution in [0, 0.1) is 5.41 Å². The van der Waals surface area contributed by atoms with E-state index in [1.54, 1.807) is 38.1 Å². The SMILES string of the molecule is CC(=O)NCc1ccc(C(=O)NCC(C)(C)C(=O)O)cc1. The molecule has 0 unspecified atom stereocenters. The highest BCUT2D eigenvalue weighted by molar-refractivity contribution is 5.94. The van der Waals surface area contributed by atoms with Crippen molar-refractivity contribution in [3.05, 3.63) is 35.4 Å². The van der Waals surface area contributed by atoms with Crippen LogP contribution in [0.4, 0.5) is 0 Å². The van der Waals surface area contributed by atoms with Crippen LogP contribution < -0.4 is 10.6 Å². The molecule has 3 N–H and O–H groups in total. The van der Waals surface area contributed by atoms with Gasteiger partial charge in [0.2, 0.25) is 5.91 Å². The van der Waals surface area contributed by atoms with Gasteiger partial charge in [-0.1, -0.05) is 12.1 Å². The number of hydrogen-bond donors (Lipinski definition) is 3. The summed E-state index contributed by atoms with van der Waals surface area (Å²) in [6.45, 7) is 4.99. The maximum absolute atomic E-state index is 11.9. The lowest BCUT2D eigenvalue weighted by atomic mass is 9.94. The first-order valence-electron chi connectivity index (χ1n) is 6.57. The molecule has 0 aliphatic rings. The van der Waals surface area contributed by atoms with Crippen LogP contribution in [-0.2, 0) is 16.1 Å². The maximum atomic E-state index is 11.9. The molecule has 0 fully saturated rings. The smallest absolute Gasteiger partial charge is 0.310 e. The van der Waals surface area contributed by atoms with Gasteiger partial charge >= 0.3 is 5.97 Å². The lowest BCUT2D eigenvalue weighted by Gasteiger charge is -2.19. The van der Waals surface area contributed by atoms with Crippen molar-refractivity contribution in [1.82, 2.24) is 10.6 Å². The van der Waals surface area contributed by atoms with Gasteiger partial charge in [0.15, 0.2) is 0 Å². The third-order valence-corrected chi connectivity index (χ3v) is 3.03. The summed E-state index contributed by atoms with van der Waals surface area (Å²) in [6, 6.07) is 6.76. The molecule has 21 heavy (non-hydrogen) atoms. The molecule has 114 valence electrons. The summed E-state index contributed by atoms with van der Waals surface area (Å²) in [5, 5.41) is 14.2. The van der Waals surface area contributed by atoms with Crippen molar-refractivity contribution in [3.8, 4) is 0 Å². The van der Waals surface area contributed by atoms with Crippen molar-refractivity contribution in [3.63, 3.8) is 0 Å². The first kappa shape index (κ1) is 16.7. The molecule has 0 spiro atoms. The number of benzene rings is 1. The molecule has 1 aromatic carbocycles. The number of aliphatic carboxylic acids is 1. The fourth-order valence-corrected chi connectivity index (χ4v) is 1.48. The van der Waals surface area contributed by atoms with Crippen LogP contribution in [0.5, 0.6) is 0 Å². The fraction of sp³-hybridized carbons (Fsp3) is 0.400. The van der Waals surface area contributed by atoms with E-state index in [1.165, 1.54) is 6.92 Å². The van der Waals surface area contributed by atoms with Crippen LogP contribution in [0.2, 0.25) is 0 Å². The van der Waals surface area contributed by atoms with Gasteiger partial charge in [0, 0.05) is 25.6 Å². The Bertz CT molecular complexity index is 535. The van der Waals surface area contributed by atoms with E-state index in [9.17, 15) is 14.4 Å². The number of nitrogens with one attached hydrogen (secondary N) is 2. The van der Waals surface area contributed by atoms with Gasteiger partial charge in [-0.05, 0) is 31.5 Å². The van der Waals surface area contributed by atoms with E-state index in [-0.39, 0.29) is 18.4 Å². The van der Waals surface area contributed by atoms with E-state index >= 15 is 0 Å². The molecule has 0 aliphatic carbocycles. The van der Waals surface area contributed by atoms with Gasteiger partial charge < -0.3 is 15.7 Å². The van der Waals surface area contributed by atoms with Gasteiger partial charge in [-0.25, -0.2) is 0 Å². The molecule has 2 amide bonds. The van der Waals surface area contributed by atoms with Crippen molar-refractivity contribution in [2.45, 2.75) is 27.3 Å². The van der Waals surface area contributed by atoms with Crippen molar-refractivity contribution in [2.24, 2.45) is 5.41 Å². The Labute approximate surface area is 123 Å². The summed E-state index contributed by atoms with van der Waals surface area (Å²) in [7, 11) is 0. The Morgan fingerprint density at radius 1 is 1.10 bits per heavy atom. The number of amides is 2. The van der Waals surface area contributed by atoms with Crippen LogP contribution in [0.3, 0.4) is 0 Å². The summed E-state index contributed by atoms with van der Waals surface area (Å²) < 4.78 is 0. The van der Waals surface area contributed by atoms with Crippen LogP contribution in [-0.4, -0.2) is 29.4 Å². The number of carboxylic acids is 1. The molecule has 0 aliphatic heterocycles. The van der Waals surface area contributed by atoms with E-state index in [0.717, 1.165) is 5.56 Å². The minimum absolute atomic E-state index is 0.0504. The highest BCUT2D eigenvalue weighted by Gasteiger charge is 2.27. The molecule has 0 saturated carbocycles. The van der Waals surface area contributed by atoms with Crippen molar-refractivity contribution in [1.29, 1.82) is 0 Å². The highest BCUT2D eigenvalue weighted by Crippen LogP contribution is 2.13. The Hall–Kier alpha value is -2.37. The maximum Gasteiger partial charge on any atom is 0.310 e. The fourth-order valence-electron chi connectivity index (χ4n) is 1.48. The van der Waals surface area contributed by atoms with Crippen molar-refractivity contribution < 1.29 is 19.5 Å². The standard InChI is InChI=1S/C15H20N2O4/c1-10(18)16-8-11-4-6-12(7-5-11)13(19)17-9-15(2,3)14(20)21/h4-7H,8-9H2,1-3H3,(H,16,18)(H,17,19)(H,20,21). The topological polar surface area (TPSA) is 95.5 Å².